The van der Waals surface area contributed by atoms with Crippen LogP contribution in [0, 0.1) is 5.82 Å². The number of nitrogens with zero attached hydrogens (tertiary/aromatic N) is 3. The number of benzene rings is 2. The number of nitrogens with one attached hydrogen (secondary N) is 1. The minimum Gasteiger partial charge on any atom is -0.339 e. The average molecular weight is 484 g/mol. The second-order valence-electron chi connectivity index (χ2n) is 7.34. The quantitative estimate of drug-likeness (QED) is 0.475. The number of hydrogen-bond donors (Lipinski definition) is 1. The zero-order valence-corrected chi connectivity index (χ0v) is 18.5. The maximum absolute atomic E-state index is 13.5. The van der Waals surface area contributed by atoms with Crippen LogP contribution < -0.4 is 5.32 Å². The summed E-state index contributed by atoms with van der Waals surface area (Å²) < 4.78 is 18.9. The van der Waals surface area contributed by atoms with Crippen LogP contribution in [0.4, 0.5) is 10.1 Å². The van der Waals surface area contributed by atoms with Crippen molar-refractivity contribution >= 4 is 46.4 Å². The average Bonchev–Trinajstić information content (AvgIpc) is 3.23. The van der Waals surface area contributed by atoms with Crippen molar-refractivity contribution in [1.82, 2.24) is 15.0 Å². The number of likely N-dealkylation sites (tertiary alicyclic amines) is 1. The summed E-state index contributed by atoms with van der Waals surface area (Å²) >= 11 is 18.1. The first-order valence-electron chi connectivity index (χ1n) is 9.65. The van der Waals surface area contributed by atoms with E-state index in [1.54, 1.807) is 12.1 Å². The summed E-state index contributed by atoms with van der Waals surface area (Å²) in [5.74, 6) is 0.244. The number of piperidine rings is 1. The Kier molecular flexibility index (Phi) is 6.77. The van der Waals surface area contributed by atoms with Crippen LogP contribution in [0.3, 0.4) is 0 Å². The third kappa shape index (κ3) is 5.36. The Balaban J connectivity index is 1.39. The van der Waals surface area contributed by atoms with Gasteiger partial charge in [-0.05, 0) is 43.7 Å². The van der Waals surface area contributed by atoms with Gasteiger partial charge in [-0.2, -0.15) is 4.98 Å². The second kappa shape index (κ2) is 9.53. The molecule has 1 aliphatic heterocycles. The molecule has 1 saturated heterocycles. The molecule has 1 atom stereocenters. The molecule has 1 fully saturated rings. The monoisotopic (exact) mass is 482 g/mol. The molecule has 1 amide bonds. The van der Waals surface area contributed by atoms with Crippen molar-refractivity contribution in [1.29, 1.82) is 0 Å². The maximum Gasteiger partial charge on any atom is 0.238 e. The summed E-state index contributed by atoms with van der Waals surface area (Å²) in [5.41, 5.74) is 0.965. The van der Waals surface area contributed by atoms with Gasteiger partial charge in [0.1, 0.15) is 5.82 Å². The Labute approximate surface area is 193 Å². The van der Waals surface area contributed by atoms with Crippen LogP contribution in [0.5, 0.6) is 0 Å². The van der Waals surface area contributed by atoms with E-state index in [1.165, 1.54) is 24.3 Å². The summed E-state index contributed by atoms with van der Waals surface area (Å²) in [5, 5.41) is 7.69. The van der Waals surface area contributed by atoms with Crippen molar-refractivity contribution in [3.05, 3.63) is 63.2 Å². The van der Waals surface area contributed by atoms with Crippen LogP contribution in [0.25, 0.3) is 11.4 Å². The fourth-order valence-corrected chi connectivity index (χ4v) is 4.15. The van der Waals surface area contributed by atoms with Crippen LogP contribution >= 0.6 is 34.8 Å². The van der Waals surface area contributed by atoms with Gasteiger partial charge in [0, 0.05) is 12.1 Å². The lowest BCUT2D eigenvalue weighted by atomic mass is 9.98. The molecule has 1 N–H and O–H groups in total. The normalized spacial score (nSPS) is 17.0. The molecule has 1 aliphatic rings. The Bertz CT molecular complexity index is 1110. The van der Waals surface area contributed by atoms with Crippen molar-refractivity contribution in [2.24, 2.45) is 0 Å². The number of rotatable bonds is 5. The number of aromatic nitrogens is 2. The highest BCUT2D eigenvalue weighted by Gasteiger charge is 2.27. The Morgan fingerprint density at radius 2 is 2.00 bits per heavy atom. The molecule has 2 aromatic carbocycles. The predicted octanol–water partition coefficient (Wildman–Crippen LogP) is 5.65. The van der Waals surface area contributed by atoms with Crippen molar-refractivity contribution < 1.29 is 13.7 Å². The van der Waals surface area contributed by atoms with Crippen LogP contribution in [-0.2, 0) is 4.79 Å². The largest absolute Gasteiger partial charge is 0.339 e. The smallest absolute Gasteiger partial charge is 0.238 e. The van der Waals surface area contributed by atoms with Gasteiger partial charge in [-0.3, -0.25) is 9.69 Å². The van der Waals surface area contributed by atoms with Gasteiger partial charge >= 0.3 is 0 Å². The molecule has 3 aromatic rings. The highest BCUT2D eigenvalue weighted by Crippen LogP contribution is 2.32. The van der Waals surface area contributed by atoms with Gasteiger partial charge in [0.2, 0.25) is 17.6 Å². The lowest BCUT2D eigenvalue weighted by Gasteiger charge is -2.30. The molecule has 0 radical (unpaired) electrons. The zero-order valence-electron chi connectivity index (χ0n) is 16.2. The minimum atomic E-state index is -0.360. The molecule has 0 saturated carbocycles. The molecule has 162 valence electrons. The van der Waals surface area contributed by atoms with E-state index in [2.05, 4.69) is 15.5 Å². The van der Waals surface area contributed by atoms with Gasteiger partial charge in [0.15, 0.2) is 0 Å². The van der Waals surface area contributed by atoms with E-state index >= 15 is 0 Å². The number of carbonyl (C=O) groups is 1. The molecule has 0 bridgehead atoms. The highest BCUT2D eigenvalue weighted by molar-refractivity contribution is 6.44. The van der Waals surface area contributed by atoms with Crippen molar-refractivity contribution in [3.8, 4) is 11.4 Å². The SMILES string of the molecule is O=C(CN1CCCC(c2nc(-c3cccc(F)c3)no2)C1)Nc1cc(Cl)c(Cl)cc1Cl. The fourth-order valence-electron chi connectivity index (χ4n) is 3.56. The predicted molar refractivity (Wildman–Crippen MR) is 118 cm³/mol. The van der Waals surface area contributed by atoms with Crippen LogP contribution in [0.15, 0.2) is 40.9 Å². The van der Waals surface area contributed by atoms with Crippen molar-refractivity contribution in [3.63, 3.8) is 0 Å². The number of amides is 1. The molecule has 2 heterocycles. The van der Waals surface area contributed by atoms with E-state index in [9.17, 15) is 9.18 Å². The molecule has 0 spiro atoms. The zero-order chi connectivity index (χ0) is 22.0. The van der Waals surface area contributed by atoms with Crippen LogP contribution in [-0.4, -0.2) is 40.6 Å². The summed E-state index contributed by atoms with van der Waals surface area (Å²) in [4.78, 5) is 19.0. The Morgan fingerprint density at radius 3 is 2.81 bits per heavy atom. The Morgan fingerprint density at radius 1 is 1.19 bits per heavy atom. The molecule has 0 aliphatic carbocycles. The Hall–Kier alpha value is -2.19. The molecule has 1 unspecified atom stereocenters. The molecule has 10 heteroatoms. The molecular weight excluding hydrogens is 466 g/mol. The minimum absolute atomic E-state index is 0.00933. The van der Waals surface area contributed by atoms with E-state index in [0.717, 1.165) is 19.4 Å². The standard InChI is InChI=1S/C21H18Cl3FN4O2/c22-15-8-17(24)18(9-16(15)23)26-19(30)11-29-6-2-4-13(10-29)21-27-20(28-31-21)12-3-1-5-14(25)7-12/h1,3,5,7-9,13H,2,4,6,10-11H2,(H,26,30). The highest BCUT2D eigenvalue weighted by atomic mass is 35.5. The molecular formula is C21H18Cl3FN4O2. The van der Waals surface area contributed by atoms with E-state index in [1.807, 2.05) is 4.90 Å². The number of hydrogen-bond acceptors (Lipinski definition) is 5. The molecule has 1 aromatic heterocycles. The lowest BCUT2D eigenvalue weighted by molar-refractivity contribution is -0.117. The summed E-state index contributed by atoms with van der Waals surface area (Å²) in [6.45, 7) is 1.54. The summed E-state index contributed by atoms with van der Waals surface area (Å²) in [6.07, 6.45) is 1.74. The van der Waals surface area contributed by atoms with Gasteiger partial charge in [-0.25, -0.2) is 4.39 Å². The van der Waals surface area contributed by atoms with Gasteiger partial charge in [0.25, 0.3) is 0 Å². The van der Waals surface area contributed by atoms with E-state index in [0.29, 0.717) is 44.6 Å². The van der Waals surface area contributed by atoms with Gasteiger partial charge in [-0.15, -0.1) is 0 Å². The second-order valence-corrected chi connectivity index (χ2v) is 8.56. The fraction of sp³-hybridized carbons (Fsp3) is 0.286. The number of anilines is 1. The number of carbonyl (C=O) groups excluding carboxylic acids is 1. The van der Waals surface area contributed by atoms with E-state index in [4.69, 9.17) is 39.3 Å². The first kappa shape index (κ1) is 22.0. The van der Waals surface area contributed by atoms with Gasteiger partial charge in [0.05, 0.1) is 33.2 Å². The first-order chi connectivity index (χ1) is 14.9. The lowest BCUT2D eigenvalue weighted by Crippen LogP contribution is -2.39. The molecule has 31 heavy (non-hydrogen) atoms. The maximum atomic E-state index is 13.5. The number of halogens is 4. The summed E-state index contributed by atoms with van der Waals surface area (Å²) in [7, 11) is 0. The molecule has 6 nitrogen and oxygen atoms in total. The van der Waals surface area contributed by atoms with Gasteiger partial charge < -0.3 is 9.84 Å². The summed E-state index contributed by atoms with van der Waals surface area (Å²) in [6, 6.07) is 9.06. The third-order valence-corrected chi connectivity index (χ3v) is 6.07. The third-order valence-electron chi connectivity index (χ3n) is 5.03. The van der Waals surface area contributed by atoms with Crippen molar-refractivity contribution in [2.45, 2.75) is 18.8 Å². The van der Waals surface area contributed by atoms with Crippen molar-refractivity contribution in [2.75, 3.05) is 25.0 Å². The molecule has 4 rings (SSSR count). The van der Waals surface area contributed by atoms with E-state index < -0.39 is 0 Å². The van der Waals surface area contributed by atoms with E-state index in [-0.39, 0.29) is 24.2 Å². The topological polar surface area (TPSA) is 71.3 Å². The first-order valence-corrected chi connectivity index (χ1v) is 10.8. The van der Waals surface area contributed by atoms with Gasteiger partial charge in [-0.1, -0.05) is 52.1 Å². The van der Waals surface area contributed by atoms with Crippen LogP contribution in [0.2, 0.25) is 15.1 Å². The van der Waals surface area contributed by atoms with Crippen LogP contribution in [0.1, 0.15) is 24.7 Å².